The van der Waals surface area contributed by atoms with Gasteiger partial charge in [0.2, 0.25) is 0 Å². The summed E-state index contributed by atoms with van der Waals surface area (Å²) in [6.45, 7) is 11.8. The Morgan fingerprint density at radius 1 is 1.00 bits per heavy atom. The first-order valence-electron chi connectivity index (χ1n) is 11.8. The standard InChI is InChI=1S/C25H35N5O2/c1-20-6-7-22(16-21(20)2)18-26-19-23-17-24(30-11-13-31-14-12-30)28-25(27-23)32-15-10-29-8-4-3-5-9-29/h6-7,16-17,19H,3-5,8-15,18H2,1-2H3. The molecule has 1 aromatic carbocycles. The third kappa shape index (κ3) is 6.50. The van der Waals surface area contributed by atoms with E-state index in [1.54, 1.807) is 0 Å². The van der Waals surface area contributed by atoms with Gasteiger partial charge in [-0.15, -0.1) is 0 Å². The van der Waals surface area contributed by atoms with E-state index in [4.69, 9.17) is 9.47 Å². The molecule has 2 fully saturated rings. The maximum Gasteiger partial charge on any atom is 0.319 e. The minimum absolute atomic E-state index is 0.429. The summed E-state index contributed by atoms with van der Waals surface area (Å²) >= 11 is 0. The number of aryl methyl sites for hydroxylation is 2. The summed E-state index contributed by atoms with van der Waals surface area (Å²) in [4.78, 5) is 18.6. The molecule has 2 saturated heterocycles. The average molecular weight is 438 g/mol. The monoisotopic (exact) mass is 437 g/mol. The molecule has 0 N–H and O–H groups in total. The van der Waals surface area contributed by atoms with Crippen molar-refractivity contribution in [2.24, 2.45) is 4.99 Å². The molecular formula is C25H35N5O2. The first-order chi connectivity index (χ1) is 15.7. The molecule has 7 nitrogen and oxygen atoms in total. The highest BCUT2D eigenvalue weighted by Gasteiger charge is 2.16. The van der Waals surface area contributed by atoms with Gasteiger partial charge in [0, 0.05) is 31.9 Å². The predicted octanol–water partition coefficient (Wildman–Crippen LogP) is 3.41. The molecule has 172 valence electrons. The van der Waals surface area contributed by atoms with Crippen LogP contribution in [0.3, 0.4) is 0 Å². The van der Waals surface area contributed by atoms with Crippen LogP contribution in [0, 0.1) is 13.8 Å². The molecule has 7 heteroatoms. The summed E-state index contributed by atoms with van der Waals surface area (Å²) in [6, 6.07) is 8.90. The Hall–Kier alpha value is -2.51. The van der Waals surface area contributed by atoms with Gasteiger partial charge in [-0.05, 0) is 56.5 Å². The van der Waals surface area contributed by atoms with Crippen LogP contribution in [0.1, 0.15) is 41.6 Å². The van der Waals surface area contributed by atoms with Gasteiger partial charge >= 0.3 is 6.01 Å². The van der Waals surface area contributed by atoms with E-state index in [1.807, 2.05) is 12.3 Å². The van der Waals surface area contributed by atoms with Crippen molar-refractivity contribution < 1.29 is 9.47 Å². The van der Waals surface area contributed by atoms with E-state index in [-0.39, 0.29) is 0 Å². The number of rotatable bonds is 8. The van der Waals surface area contributed by atoms with Crippen molar-refractivity contribution >= 4 is 12.0 Å². The normalized spacial score (nSPS) is 17.8. The lowest BCUT2D eigenvalue weighted by Crippen LogP contribution is -2.37. The molecule has 0 amide bonds. The van der Waals surface area contributed by atoms with Gasteiger partial charge in [0.15, 0.2) is 0 Å². The molecule has 0 aliphatic carbocycles. The fourth-order valence-corrected chi connectivity index (χ4v) is 4.11. The SMILES string of the molecule is Cc1ccc(CN=Cc2cc(N3CCOCC3)nc(OCCN3CCCCC3)n2)cc1C. The summed E-state index contributed by atoms with van der Waals surface area (Å²) < 4.78 is 11.5. The minimum Gasteiger partial charge on any atom is -0.462 e. The van der Waals surface area contributed by atoms with Crippen LogP contribution < -0.4 is 9.64 Å². The van der Waals surface area contributed by atoms with Crippen LogP contribution in [0.5, 0.6) is 6.01 Å². The lowest BCUT2D eigenvalue weighted by atomic mass is 10.1. The number of likely N-dealkylation sites (tertiary alicyclic amines) is 1. The minimum atomic E-state index is 0.429. The number of nitrogens with zero attached hydrogens (tertiary/aromatic N) is 5. The molecule has 3 heterocycles. The van der Waals surface area contributed by atoms with E-state index in [2.05, 4.69) is 56.8 Å². The average Bonchev–Trinajstić information content (AvgIpc) is 2.83. The summed E-state index contributed by atoms with van der Waals surface area (Å²) in [6.07, 6.45) is 5.74. The van der Waals surface area contributed by atoms with E-state index in [1.165, 1.54) is 36.0 Å². The first-order valence-corrected chi connectivity index (χ1v) is 11.8. The fraction of sp³-hybridized carbons (Fsp3) is 0.560. The highest BCUT2D eigenvalue weighted by molar-refractivity contribution is 5.78. The molecular weight excluding hydrogens is 402 g/mol. The molecule has 2 aromatic rings. The van der Waals surface area contributed by atoms with E-state index < -0.39 is 0 Å². The highest BCUT2D eigenvalue weighted by atomic mass is 16.5. The molecule has 1 aromatic heterocycles. The van der Waals surface area contributed by atoms with E-state index in [0.717, 1.165) is 44.2 Å². The van der Waals surface area contributed by atoms with Gasteiger partial charge in [-0.3, -0.25) is 9.89 Å². The van der Waals surface area contributed by atoms with Crippen LogP contribution in [0.25, 0.3) is 0 Å². The smallest absolute Gasteiger partial charge is 0.319 e. The molecule has 0 saturated carbocycles. The maximum atomic E-state index is 5.99. The highest BCUT2D eigenvalue weighted by Crippen LogP contribution is 2.18. The van der Waals surface area contributed by atoms with Crippen molar-refractivity contribution in [2.75, 3.05) is 57.4 Å². The van der Waals surface area contributed by atoms with Crippen LogP contribution >= 0.6 is 0 Å². The molecule has 2 aliphatic rings. The van der Waals surface area contributed by atoms with Crippen molar-refractivity contribution in [1.82, 2.24) is 14.9 Å². The summed E-state index contributed by atoms with van der Waals surface area (Å²) in [5.41, 5.74) is 4.57. The Kier molecular flexibility index (Phi) is 8.07. The van der Waals surface area contributed by atoms with Crippen molar-refractivity contribution in [2.45, 2.75) is 39.7 Å². The van der Waals surface area contributed by atoms with E-state index in [0.29, 0.717) is 32.4 Å². The second-order valence-electron chi connectivity index (χ2n) is 8.67. The maximum absolute atomic E-state index is 5.99. The number of hydrogen-bond donors (Lipinski definition) is 0. The van der Waals surface area contributed by atoms with Crippen LogP contribution in [-0.4, -0.2) is 73.6 Å². The van der Waals surface area contributed by atoms with Crippen molar-refractivity contribution in [3.05, 3.63) is 46.6 Å². The number of piperidine rings is 1. The van der Waals surface area contributed by atoms with Crippen LogP contribution in [0.2, 0.25) is 0 Å². The molecule has 4 rings (SSSR count). The Morgan fingerprint density at radius 3 is 2.59 bits per heavy atom. The van der Waals surface area contributed by atoms with Crippen LogP contribution in [-0.2, 0) is 11.3 Å². The number of morpholine rings is 1. The molecule has 0 spiro atoms. The Balaban J connectivity index is 1.44. The largest absolute Gasteiger partial charge is 0.462 e. The van der Waals surface area contributed by atoms with Gasteiger partial charge in [-0.1, -0.05) is 24.6 Å². The Bertz CT molecular complexity index is 905. The fourth-order valence-electron chi connectivity index (χ4n) is 4.11. The molecule has 2 aliphatic heterocycles. The Morgan fingerprint density at radius 2 is 1.81 bits per heavy atom. The van der Waals surface area contributed by atoms with Gasteiger partial charge in [0.05, 0.1) is 25.5 Å². The van der Waals surface area contributed by atoms with Crippen molar-refractivity contribution in [1.29, 1.82) is 0 Å². The van der Waals surface area contributed by atoms with Gasteiger partial charge in [-0.2, -0.15) is 9.97 Å². The number of ether oxygens (including phenoxy) is 2. The third-order valence-electron chi connectivity index (χ3n) is 6.20. The van der Waals surface area contributed by atoms with Gasteiger partial charge < -0.3 is 14.4 Å². The second-order valence-corrected chi connectivity index (χ2v) is 8.67. The second kappa shape index (κ2) is 11.4. The quantitative estimate of drug-likeness (QED) is 0.590. The molecule has 32 heavy (non-hydrogen) atoms. The molecule has 0 bridgehead atoms. The third-order valence-corrected chi connectivity index (χ3v) is 6.20. The molecule has 0 radical (unpaired) electrons. The topological polar surface area (TPSA) is 63.1 Å². The zero-order chi connectivity index (χ0) is 22.2. The number of benzene rings is 1. The lowest BCUT2D eigenvalue weighted by molar-refractivity contribution is 0.122. The predicted molar refractivity (Wildman–Crippen MR) is 128 cm³/mol. The number of anilines is 1. The van der Waals surface area contributed by atoms with Crippen molar-refractivity contribution in [3.63, 3.8) is 0 Å². The van der Waals surface area contributed by atoms with Gasteiger partial charge in [0.25, 0.3) is 0 Å². The number of aromatic nitrogens is 2. The van der Waals surface area contributed by atoms with Gasteiger partial charge in [-0.25, -0.2) is 0 Å². The molecule has 0 atom stereocenters. The number of hydrogen-bond acceptors (Lipinski definition) is 7. The first kappa shape index (κ1) is 22.7. The van der Waals surface area contributed by atoms with Crippen LogP contribution in [0.4, 0.5) is 5.82 Å². The number of aliphatic imine (C=N–C) groups is 1. The Labute approximate surface area is 191 Å². The zero-order valence-corrected chi connectivity index (χ0v) is 19.4. The van der Waals surface area contributed by atoms with E-state index >= 15 is 0 Å². The van der Waals surface area contributed by atoms with Crippen LogP contribution in [0.15, 0.2) is 29.3 Å². The van der Waals surface area contributed by atoms with Gasteiger partial charge in [0.1, 0.15) is 12.4 Å². The zero-order valence-electron chi connectivity index (χ0n) is 19.4. The van der Waals surface area contributed by atoms with Crippen molar-refractivity contribution in [3.8, 4) is 6.01 Å². The molecule has 0 unspecified atom stereocenters. The summed E-state index contributed by atoms with van der Waals surface area (Å²) in [5, 5.41) is 0. The summed E-state index contributed by atoms with van der Waals surface area (Å²) in [7, 11) is 0. The van der Waals surface area contributed by atoms with E-state index in [9.17, 15) is 0 Å². The summed E-state index contributed by atoms with van der Waals surface area (Å²) in [5.74, 6) is 0.879. The lowest BCUT2D eigenvalue weighted by Gasteiger charge is -2.28.